The van der Waals surface area contributed by atoms with Crippen molar-refractivity contribution in [2.45, 2.75) is 31.6 Å². The van der Waals surface area contributed by atoms with Crippen molar-refractivity contribution >= 4 is 5.97 Å². The summed E-state index contributed by atoms with van der Waals surface area (Å²) < 4.78 is 5.78. The SMILES string of the molecule is Cc1noc(-c2ccc(-c3ccc(C4(C(=O)O)CC4)cc3)cc2)c1Cc1ccnc(-c2ccccc2)c1. The molecule has 37 heavy (non-hydrogen) atoms. The molecule has 1 aliphatic carbocycles. The average molecular weight is 487 g/mol. The Morgan fingerprint density at radius 3 is 2.16 bits per heavy atom. The number of aromatic nitrogens is 2. The number of carbonyl (C=O) groups is 1. The van der Waals surface area contributed by atoms with Crippen molar-refractivity contribution in [3.05, 3.63) is 120 Å². The van der Waals surface area contributed by atoms with Crippen molar-refractivity contribution in [2.75, 3.05) is 0 Å². The molecule has 0 radical (unpaired) electrons. The molecule has 182 valence electrons. The predicted octanol–water partition coefficient (Wildman–Crippen LogP) is 7.09. The van der Waals surface area contributed by atoms with Gasteiger partial charge in [0.1, 0.15) is 0 Å². The van der Waals surface area contributed by atoms with Crippen molar-refractivity contribution in [3.8, 4) is 33.7 Å². The van der Waals surface area contributed by atoms with Crippen molar-refractivity contribution in [1.82, 2.24) is 10.1 Å². The van der Waals surface area contributed by atoms with Gasteiger partial charge in [-0.1, -0.05) is 84.0 Å². The monoisotopic (exact) mass is 486 g/mol. The Labute approximate surface area is 215 Å². The zero-order chi connectivity index (χ0) is 25.4. The van der Waals surface area contributed by atoms with Crippen molar-refractivity contribution in [3.63, 3.8) is 0 Å². The summed E-state index contributed by atoms with van der Waals surface area (Å²) in [5, 5.41) is 13.8. The fourth-order valence-corrected chi connectivity index (χ4v) is 4.93. The van der Waals surface area contributed by atoms with Crippen LogP contribution in [-0.2, 0) is 16.6 Å². The van der Waals surface area contributed by atoms with Gasteiger partial charge in [-0.2, -0.15) is 0 Å². The largest absolute Gasteiger partial charge is 0.481 e. The van der Waals surface area contributed by atoms with Gasteiger partial charge < -0.3 is 9.63 Å². The van der Waals surface area contributed by atoms with Crippen LogP contribution in [0.1, 0.15) is 35.2 Å². The van der Waals surface area contributed by atoms with E-state index in [0.717, 1.165) is 56.1 Å². The van der Waals surface area contributed by atoms with Crippen LogP contribution in [0.3, 0.4) is 0 Å². The van der Waals surface area contributed by atoms with Crippen LogP contribution in [0.25, 0.3) is 33.7 Å². The number of benzene rings is 3. The third kappa shape index (κ3) is 4.33. The average Bonchev–Trinajstić information content (AvgIpc) is 3.69. The van der Waals surface area contributed by atoms with E-state index in [2.05, 4.69) is 40.5 Å². The Morgan fingerprint density at radius 2 is 1.51 bits per heavy atom. The summed E-state index contributed by atoms with van der Waals surface area (Å²) in [4.78, 5) is 16.2. The number of hydrogen-bond donors (Lipinski definition) is 1. The molecule has 0 aliphatic heterocycles. The highest BCUT2D eigenvalue weighted by Gasteiger charge is 2.51. The number of hydrogen-bond acceptors (Lipinski definition) is 4. The quantitative estimate of drug-likeness (QED) is 0.266. The van der Waals surface area contributed by atoms with E-state index in [1.54, 1.807) is 0 Å². The van der Waals surface area contributed by atoms with Crippen LogP contribution < -0.4 is 0 Å². The molecule has 1 aliphatic rings. The Hall–Kier alpha value is -4.51. The molecule has 1 saturated carbocycles. The molecular formula is C32H26N2O3. The first-order valence-electron chi connectivity index (χ1n) is 12.4. The van der Waals surface area contributed by atoms with E-state index in [-0.39, 0.29) is 0 Å². The number of aliphatic carboxylic acids is 1. The van der Waals surface area contributed by atoms with Crippen LogP contribution in [0.4, 0.5) is 0 Å². The molecular weight excluding hydrogens is 460 g/mol. The second kappa shape index (κ2) is 9.17. The van der Waals surface area contributed by atoms with E-state index in [0.29, 0.717) is 19.3 Å². The lowest BCUT2D eigenvalue weighted by molar-refractivity contribution is -0.140. The van der Waals surface area contributed by atoms with Crippen LogP contribution in [0, 0.1) is 6.92 Å². The van der Waals surface area contributed by atoms with Gasteiger partial charge in [0.05, 0.1) is 16.8 Å². The lowest BCUT2D eigenvalue weighted by Gasteiger charge is -2.11. The molecule has 6 rings (SSSR count). The van der Waals surface area contributed by atoms with Gasteiger partial charge >= 0.3 is 5.97 Å². The Kier molecular flexibility index (Phi) is 5.68. The fraction of sp³-hybridized carbons (Fsp3) is 0.156. The molecule has 2 heterocycles. The fourth-order valence-electron chi connectivity index (χ4n) is 4.93. The third-order valence-electron chi connectivity index (χ3n) is 7.34. The van der Waals surface area contributed by atoms with Gasteiger partial charge in [0.15, 0.2) is 5.76 Å². The van der Waals surface area contributed by atoms with Crippen molar-refractivity contribution < 1.29 is 14.4 Å². The number of aryl methyl sites for hydroxylation is 1. The number of nitrogens with zero attached hydrogens (tertiary/aromatic N) is 2. The molecule has 5 heteroatoms. The smallest absolute Gasteiger partial charge is 0.314 e. The van der Waals surface area contributed by atoms with E-state index in [4.69, 9.17) is 4.52 Å². The molecule has 0 unspecified atom stereocenters. The Balaban J connectivity index is 1.24. The zero-order valence-electron chi connectivity index (χ0n) is 20.5. The van der Waals surface area contributed by atoms with Crippen LogP contribution in [0.15, 0.2) is 102 Å². The minimum atomic E-state index is -0.731. The molecule has 1 fully saturated rings. The molecule has 0 spiro atoms. The van der Waals surface area contributed by atoms with E-state index in [1.807, 2.05) is 73.8 Å². The molecule has 5 nitrogen and oxygen atoms in total. The minimum Gasteiger partial charge on any atom is -0.481 e. The zero-order valence-corrected chi connectivity index (χ0v) is 20.5. The molecule has 5 aromatic rings. The molecule has 2 aromatic heterocycles. The normalized spacial score (nSPS) is 13.9. The second-order valence-electron chi connectivity index (χ2n) is 9.71. The Bertz CT molecular complexity index is 1570. The van der Waals surface area contributed by atoms with Gasteiger partial charge in [-0.15, -0.1) is 0 Å². The Morgan fingerprint density at radius 1 is 0.865 bits per heavy atom. The van der Waals surface area contributed by atoms with Gasteiger partial charge in [0.2, 0.25) is 0 Å². The highest BCUT2D eigenvalue weighted by Crippen LogP contribution is 2.48. The number of carboxylic acids is 1. The topological polar surface area (TPSA) is 76.2 Å². The van der Waals surface area contributed by atoms with Gasteiger partial charge in [-0.3, -0.25) is 9.78 Å². The third-order valence-corrected chi connectivity index (χ3v) is 7.34. The summed E-state index contributed by atoms with van der Waals surface area (Å²) in [6, 6.07) is 30.4. The standard InChI is InChI=1S/C32H26N2O3/c1-21-28(19-22-15-18-33-29(20-22)25-5-3-2-4-6-25)30(37-34-21)26-9-7-23(8-10-26)24-11-13-27(14-12-24)32(16-17-32)31(35)36/h2-15,18,20H,16-17,19H2,1H3,(H,35,36). The molecule has 0 amide bonds. The van der Waals surface area contributed by atoms with Crippen molar-refractivity contribution in [2.24, 2.45) is 0 Å². The maximum Gasteiger partial charge on any atom is 0.314 e. The molecule has 0 bridgehead atoms. The van der Waals surface area contributed by atoms with Gasteiger partial charge in [0.25, 0.3) is 0 Å². The lowest BCUT2D eigenvalue weighted by Crippen LogP contribution is -2.19. The van der Waals surface area contributed by atoms with Gasteiger partial charge in [-0.05, 0) is 54.2 Å². The maximum absolute atomic E-state index is 11.6. The first kappa shape index (κ1) is 22.9. The lowest BCUT2D eigenvalue weighted by atomic mass is 9.93. The first-order chi connectivity index (χ1) is 18.0. The van der Waals surface area contributed by atoms with Gasteiger partial charge in [0, 0.05) is 29.3 Å². The van der Waals surface area contributed by atoms with Crippen LogP contribution in [0.2, 0.25) is 0 Å². The highest BCUT2D eigenvalue weighted by molar-refractivity contribution is 5.85. The second-order valence-corrected chi connectivity index (χ2v) is 9.71. The summed E-state index contributed by atoms with van der Waals surface area (Å²) in [6.07, 6.45) is 3.97. The predicted molar refractivity (Wildman–Crippen MR) is 143 cm³/mol. The number of pyridine rings is 1. The summed E-state index contributed by atoms with van der Waals surface area (Å²) >= 11 is 0. The maximum atomic E-state index is 11.6. The molecule has 3 aromatic carbocycles. The molecule has 0 saturated heterocycles. The highest BCUT2D eigenvalue weighted by atomic mass is 16.5. The molecule has 0 atom stereocenters. The van der Waals surface area contributed by atoms with Crippen LogP contribution >= 0.6 is 0 Å². The summed E-state index contributed by atoms with van der Waals surface area (Å²) in [6.45, 7) is 1.97. The minimum absolute atomic E-state index is 0.681. The first-order valence-corrected chi connectivity index (χ1v) is 12.4. The van der Waals surface area contributed by atoms with Crippen LogP contribution in [-0.4, -0.2) is 21.2 Å². The van der Waals surface area contributed by atoms with Gasteiger partial charge in [-0.25, -0.2) is 0 Å². The molecule has 1 N–H and O–H groups in total. The van der Waals surface area contributed by atoms with Crippen molar-refractivity contribution in [1.29, 1.82) is 0 Å². The van der Waals surface area contributed by atoms with E-state index in [1.165, 1.54) is 0 Å². The van der Waals surface area contributed by atoms with E-state index >= 15 is 0 Å². The number of carboxylic acid groups (broad SMARTS) is 1. The summed E-state index contributed by atoms with van der Waals surface area (Å²) in [5.74, 6) is 0.0421. The van der Waals surface area contributed by atoms with E-state index < -0.39 is 11.4 Å². The summed E-state index contributed by atoms with van der Waals surface area (Å²) in [7, 11) is 0. The number of rotatable bonds is 7. The summed E-state index contributed by atoms with van der Waals surface area (Å²) in [5.41, 5.74) is 8.40. The van der Waals surface area contributed by atoms with E-state index in [9.17, 15) is 9.90 Å². The van der Waals surface area contributed by atoms with Crippen LogP contribution in [0.5, 0.6) is 0 Å².